The van der Waals surface area contributed by atoms with Gasteiger partial charge in [0.25, 0.3) is 11.6 Å². The van der Waals surface area contributed by atoms with Gasteiger partial charge in [-0.2, -0.15) is 0 Å². The third-order valence-corrected chi connectivity index (χ3v) is 3.13. The summed E-state index contributed by atoms with van der Waals surface area (Å²) in [6.07, 6.45) is 1.59. The molecule has 0 unspecified atom stereocenters. The molecule has 0 bridgehead atoms. The number of hydrogen-bond donors (Lipinski definition) is 1. The number of nitrogens with two attached hydrogens (primary N) is 1. The molecule has 20 heavy (non-hydrogen) atoms. The Balaban J connectivity index is 0.00000200. The van der Waals surface area contributed by atoms with Crippen LogP contribution in [-0.4, -0.2) is 34.9 Å². The van der Waals surface area contributed by atoms with Crippen molar-refractivity contribution in [3.63, 3.8) is 0 Å². The van der Waals surface area contributed by atoms with Gasteiger partial charge in [-0.15, -0.1) is 12.4 Å². The molecule has 110 valence electrons. The molecule has 1 saturated heterocycles. The molecule has 6 nitrogen and oxygen atoms in total. The topological polar surface area (TPSA) is 89.5 Å². The van der Waals surface area contributed by atoms with Crippen molar-refractivity contribution in [1.82, 2.24) is 4.90 Å². The number of amides is 1. The summed E-state index contributed by atoms with van der Waals surface area (Å²) in [5, 5.41) is 10.9. The third kappa shape index (κ3) is 3.43. The van der Waals surface area contributed by atoms with Crippen LogP contribution in [0.4, 0.5) is 10.1 Å². The number of nitro benzene ring substituents is 1. The van der Waals surface area contributed by atoms with Gasteiger partial charge in [0.2, 0.25) is 0 Å². The van der Waals surface area contributed by atoms with E-state index in [0.29, 0.717) is 13.1 Å². The van der Waals surface area contributed by atoms with Gasteiger partial charge < -0.3 is 10.6 Å². The highest BCUT2D eigenvalue weighted by molar-refractivity contribution is 5.98. The van der Waals surface area contributed by atoms with Gasteiger partial charge in [-0.05, 0) is 25.0 Å². The summed E-state index contributed by atoms with van der Waals surface area (Å²) in [6, 6.07) is 2.84. The highest BCUT2D eigenvalue weighted by atomic mass is 35.5. The Labute approximate surface area is 121 Å². The lowest BCUT2D eigenvalue weighted by Gasteiger charge is -2.30. The van der Waals surface area contributed by atoms with Crippen molar-refractivity contribution in [2.45, 2.75) is 18.9 Å². The molecule has 0 saturated carbocycles. The molecule has 2 rings (SSSR count). The van der Waals surface area contributed by atoms with Gasteiger partial charge in [-0.25, -0.2) is 4.39 Å². The predicted molar refractivity (Wildman–Crippen MR) is 73.4 cm³/mol. The summed E-state index contributed by atoms with van der Waals surface area (Å²) in [4.78, 5) is 23.8. The number of benzene rings is 1. The second-order valence-corrected chi connectivity index (χ2v) is 4.57. The third-order valence-electron chi connectivity index (χ3n) is 3.13. The molecule has 1 fully saturated rings. The molecule has 1 amide bonds. The Morgan fingerprint density at radius 3 is 2.80 bits per heavy atom. The van der Waals surface area contributed by atoms with E-state index in [4.69, 9.17) is 5.73 Å². The minimum absolute atomic E-state index is 0. The number of nitrogens with zero attached hydrogens (tertiary/aromatic N) is 2. The predicted octanol–water partition coefficient (Wildman–Crippen LogP) is 1.72. The number of rotatable bonds is 2. The zero-order valence-electron chi connectivity index (χ0n) is 10.6. The van der Waals surface area contributed by atoms with Crippen molar-refractivity contribution in [2.24, 2.45) is 5.73 Å². The Morgan fingerprint density at radius 2 is 2.20 bits per heavy atom. The maximum absolute atomic E-state index is 13.0. The van der Waals surface area contributed by atoms with E-state index in [9.17, 15) is 19.3 Å². The molecule has 0 aliphatic carbocycles. The first-order valence-electron chi connectivity index (χ1n) is 5.98. The highest BCUT2D eigenvalue weighted by Crippen LogP contribution is 2.22. The Bertz CT molecular complexity index is 527. The summed E-state index contributed by atoms with van der Waals surface area (Å²) < 4.78 is 13.0. The fraction of sp³-hybridized carbons (Fsp3) is 0.417. The van der Waals surface area contributed by atoms with Crippen LogP contribution in [0.3, 0.4) is 0 Å². The lowest BCUT2D eigenvalue weighted by Crippen LogP contribution is -2.45. The molecule has 8 heteroatoms. The number of nitro groups is 1. The monoisotopic (exact) mass is 303 g/mol. The second-order valence-electron chi connectivity index (χ2n) is 4.57. The highest BCUT2D eigenvalue weighted by Gasteiger charge is 2.28. The SMILES string of the molecule is Cl.N[C@@H]1CCCN(C(=O)c2ccc(F)cc2[N+](=O)[O-])C1. The van der Waals surface area contributed by atoms with Crippen LogP contribution in [0.15, 0.2) is 18.2 Å². The lowest BCUT2D eigenvalue weighted by molar-refractivity contribution is -0.385. The van der Waals surface area contributed by atoms with Gasteiger partial charge in [-0.3, -0.25) is 14.9 Å². The molecule has 1 aliphatic rings. The normalized spacial score (nSPS) is 18.3. The van der Waals surface area contributed by atoms with E-state index in [0.717, 1.165) is 31.0 Å². The Kier molecular flexibility index (Phi) is 5.41. The van der Waals surface area contributed by atoms with Crippen molar-refractivity contribution in [3.8, 4) is 0 Å². The number of likely N-dealkylation sites (tertiary alicyclic amines) is 1. The second kappa shape index (κ2) is 6.62. The van der Waals surface area contributed by atoms with Gasteiger partial charge in [0.05, 0.1) is 11.0 Å². The largest absolute Gasteiger partial charge is 0.337 e. The van der Waals surface area contributed by atoms with E-state index >= 15 is 0 Å². The van der Waals surface area contributed by atoms with Crippen LogP contribution >= 0.6 is 12.4 Å². The van der Waals surface area contributed by atoms with Gasteiger partial charge in [-0.1, -0.05) is 0 Å². The lowest BCUT2D eigenvalue weighted by atomic mass is 10.0. The van der Waals surface area contributed by atoms with Gasteiger partial charge in [0, 0.05) is 19.1 Å². The van der Waals surface area contributed by atoms with Crippen molar-refractivity contribution >= 4 is 24.0 Å². The number of piperidine rings is 1. The van der Waals surface area contributed by atoms with Crippen molar-refractivity contribution < 1.29 is 14.1 Å². The molecule has 1 atom stereocenters. The van der Waals surface area contributed by atoms with Crippen molar-refractivity contribution in [3.05, 3.63) is 39.7 Å². The van der Waals surface area contributed by atoms with Crippen LogP contribution in [0, 0.1) is 15.9 Å². The van der Waals surface area contributed by atoms with Gasteiger partial charge >= 0.3 is 0 Å². The fourth-order valence-corrected chi connectivity index (χ4v) is 2.20. The van der Waals surface area contributed by atoms with E-state index in [1.54, 1.807) is 0 Å². The van der Waals surface area contributed by atoms with E-state index in [2.05, 4.69) is 0 Å². The molecule has 1 aliphatic heterocycles. The van der Waals surface area contributed by atoms with Crippen LogP contribution in [0.25, 0.3) is 0 Å². The smallest absolute Gasteiger partial charge is 0.285 e. The zero-order chi connectivity index (χ0) is 14.0. The summed E-state index contributed by atoms with van der Waals surface area (Å²) in [5.74, 6) is -1.21. The molecule has 0 spiro atoms. The van der Waals surface area contributed by atoms with E-state index < -0.39 is 22.3 Å². The van der Waals surface area contributed by atoms with Crippen molar-refractivity contribution in [2.75, 3.05) is 13.1 Å². The standard InChI is InChI=1S/C12H14FN3O3.ClH/c13-8-3-4-10(11(6-8)16(18)19)12(17)15-5-1-2-9(14)7-15;/h3-4,6,9H,1-2,5,7,14H2;1H/t9-;/m1./s1. The van der Waals surface area contributed by atoms with Crippen LogP contribution in [0.2, 0.25) is 0 Å². The number of carbonyl (C=O) groups excluding carboxylic acids is 1. The molecule has 1 heterocycles. The van der Waals surface area contributed by atoms with Crippen LogP contribution in [-0.2, 0) is 0 Å². The Morgan fingerprint density at radius 1 is 1.50 bits per heavy atom. The van der Waals surface area contributed by atoms with E-state index in [1.165, 1.54) is 4.90 Å². The van der Waals surface area contributed by atoms with Crippen molar-refractivity contribution in [1.29, 1.82) is 0 Å². The zero-order valence-corrected chi connectivity index (χ0v) is 11.4. The minimum atomic E-state index is -0.750. The summed E-state index contributed by atoms with van der Waals surface area (Å²) in [5.41, 5.74) is 5.17. The Hall–Kier alpha value is -1.73. The molecule has 0 radical (unpaired) electrons. The average molecular weight is 304 g/mol. The summed E-state index contributed by atoms with van der Waals surface area (Å²) in [7, 11) is 0. The van der Waals surface area contributed by atoms with Crippen LogP contribution < -0.4 is 5.73 Å². The maximum atomic E-state index is 13.0. The fourth-order valence-electron chi connectivity index (χ4n) is 2.20. The van der Waals surface area contributed by atoms with Crippen LogP contribution in [0.1, 0.15) is 23.2 Å². The van der Waals surface area contributed by atoms with Gasteiger partial charge in [0.15, 0.2) is 0 Å². The molecule has 1 aromatic rings. The minimum Gasteiger partial charge on any atom is -0.337 e. The first kappa shape index (κ1) is 16.3. The van der Waals surface area contributed by atoms with Crippen LogP contribution in [0.5, 0.6) is 0 Å². The number of halogens is 2. The summed E-state index contributed by atoms with van der Waals surface area (Å²) in [6.45, 7) is 0.883. The molecule has 2 N–H and O–H groups in total. The molecular formula is C12H15ClFN3O3. The molecule has 1 aromatic carbocycles. The molecular weight excluding hydrogens is 289 g/mol. The van der Waals surface area contributed by atoms with Gasteiger partial charge in [0.1, 0.15) is 11.4 Å². The van der Waals surface area contributed by atoms with E-state index in [-0.39, 0.29) is 24.0 Å². The molecule has 0 aromatic heterocycles. The first-order chi connectivity index (χ1) is 8.99. The maximum Gasteiger partial charge on any atom is 0.285 e. The number of hydrogen-bond acceptors (Lipinski definition) is 4. The van der Waals surface area contributed by atoms with E-state index in [1.807, 2.05) is 0 Å². The average Bonchev–Trinajstić information content (AvgIpc) is 2.37. The quantitative estimate of drug-likeness (QED) is 0.665. The number of carbonyl (C=O) groups is 1. The first-order valence-corrected chi connectivity index (χ1v) is 5.98. The summed E-state index contributed by atoms with van der Waals surface area (Å²) >= 11 is 0.